The molecule has 0 aliphatic carbocycles. The topological polar surface area (TPSA) is 78.0 Å². The van der Waals surface area contributed by atoms with Crippen molar-refractivity contribution in [3.05, 3.63) is 65.4 Å². The van der Waals surface area contributed by atoms with E-state index in [-0.39, 0.29) is 11.8 Å². The zero-order chi connectivity index (χ0) is 27.8. The van der Waals surface area contributed by atoms with Gasteiger partial charge >= 0.3 is 0 Å². The van der Waals surface area contributed by atoms with E-state index in [0.29, 0.717) is 30.0 Å². The number of benzene rings is 2. The van der Waals surface area contributed by atoms with Gasteiger partial charge in [0.05, 0.1) is 12.8 Å². The van der Waals surface area contributed by atoms with Gasteiger partial charge in [0, 0.05) is 68.2 Å². The summed E-state index contributed by atoms with van der Waals surface area (Å²) in [5, 5.41) is 3.58. The Morgan fingerprint density at radius 3 is 2.33 bits per heavy atom. The van der Waals surface area contributed by atoms with Crippen LogP contribution in [-0.4, -0.2) is 62.7 Å². The molecular formula is C31H37N5O3. The molecule has 0 saturated carbocycles. The van der Waals surface area contributed by atoms with Gasteiger partial charge in [0.15, 0.2) is 0 Å². The number of anilines is 3. The lowest BCUT2D eigenvalue weighted by Crippen LogP contribution is -2.54. The fourth-order valence-electron chi connectivity index (χ4n) is 5.70. The van der Waals surface area contributed by atoms with Crippen molar-refractivity contribution in [1.29, 1.82) is 0 Å². The van der Waals surface area contributed by atoms with Crippen LogP contribution in [0, 0.1) is 6.92 Å². The van der Waals surface area contributed by atoms with Gasteiger partial charge in [-0.05, 0) is 74.7 Å². The molecule has 2 amide bonds. The fraction of sp³-hybridized carbons (Fsp3) is 0.387. The van der Waals surface area contributed by atoms with Crippen molar-refractivity contribution < 1.29 is 14.3 Å². The maximum absolute atomic E-state index is 13.7. The van der Waals surface area contributed by atoms with Gasteiger partial charge in [-0.2, -0.15) is 0 Å². The van der Waals surface area contributed by atoms with Crippen LogP contribution in [0.1, 0.15) is 42.4 Å². The second kappa shape index (κ2) is 10.7. The predicted octanol–water partition coefficient (Wildman–Crippen LogP) is 4.44. The first kappa shape index (κ1) is 26.7. The third-order valence-corrected chi connectivity index (χ3v) is 7.75. The lowest BCUT2D eigenvalue weighted by Gasteiger charge is -2.38. The summed E-state index contributed by atoms with van der Waals surface area (Å²) in [5.74, 6) is 1.40. The van der Waals surface area contributed by atoms with Crippen molar-refractivity contribution in [2.24, 2.45) is 0 Å². The van der Waals surface area contributed by atoms with Gasteiger partial charge in [0.25, 0.3) is 5.91 Å². The van der Waals surface area contributed by atoms with Crippen LogP contribution >= 0.6 is 0 Å². The lowest BCUT2D eigenvalue weighted by molar-refractivity contribution is -0.116. The summed E-state index contributed by atoms with van der Waals surface area (Å²) >= 11 is 0. The molecule has 204 valence electrons. The van der Waals surface area contributed by atoms with Crippen LogP contribution < -0.4 is 24.8 Å². The number of rotatable bonds is 5. The first-order valence-corrected chi connectivity index (χ1v) is 13.5. The SMILES string of the molecule is COc1cc2c(cc1N1C[C@@H](C)N[C@@H](C)C1)N(C(=O)c1ccc(-c3ccc(N(C)C(C)=O)nc3C)cc1)CC2. The maximum Gasteiger partial charge on any atom is 0.258 e. The van der Waals surface area contributed by atoms with Crippen molar-refractivity contribution in [3.63, 3.8) is 0 Å². The Labute approximate surface area is 230 Å². The second-order valence-electron chi connectivity index (χ2n) is 10.7. The van der Waals surface area contributed by atoms with Crippen LogP contribution in [0.5, 0.6) is 5.75 Å². The molecular weight excluding hydrogens is 490 g/mol. The molecule has 3 heterocycles. The van der Waals surface area contributed by atoms with E-state index in [1.807, 2.05) is 48.2 Å². The molecule has 1 fully saturated rings. The molecule has 5 rings (SSSR count). The molecule has 0 radical (unpaired) electrons. The highest BCUT2D eigenvalue weighted by Gasteiger charge is 2.30. The Balaban J connectivity index is 1.39. The third-order valence-electron chi connectivity index (χ3n) is 7.75. The number of nitrogens with zero attached hydrogens (tertiary/aromatic N) is 4. The summed E-state index contributed by atoms with van der Waals surface area (Å²) in [6.07, 6.45) is 0.802. The number of piperazine rings is 1. The molecule has 8 nitrogen and oxygen atoms in total. The van der Waals surface area contributed by atoms with Gasteiger partial charge in [-0.1, -0.05) is 12.1 Å². The zero-order valence-corrected chi connectivity index (χ0v) is 23.6. The van der Waals surface area contributed by atoms with Gasteiger partial charge in [-0.25, -0.2) is 4.98 Å². The van der Waals surface area contributed by atoms with Crippen molar-refractivity contribution in [2.75, 3.05) is 48.5 Å². The Morgan fingerprint density at radius 2 is 1.72 bits per heavy atom. The quantitative estimate of drug-likeness (QED) is 0.529. The highest BCUT2D eigenvalue weighted by molar-refractivity contribution is 6.08. The van der Waals surface area contributed by atoms with Crippen LogP contribution in [0.15, 0.2) is 48.5 Å². The van der Waals surface area contributed by atoms with E-state index in [4.69, 9.17) is 4.74 Å². The number of pyridine rings is 1. The van der Waals surface area contributed by atoms with Gasteiger partial charge < -0.3 is 24.8 Å². The normalized spacial score (nSPS) is 18.6. The van der Waals surface area contributed by atoms with Gasteiger partial charge in [-0.15, -0.1) is 0 Å². The minimum atomic E-state index is -0.0661. The molecule has 1 saturated heterocycles. The molecule has 2 atom stereocenters. The molecule has 2 aliphatic rings. The molecule has 0 spiro atoms. The molecule has 0 bridgehead atoms. The number of aromatic nitrogens is 1. The lowest BCUT2D eigenvalue weighted by atomic mass is 10.0. The summed E-state index contributed by atoms with van der Waals surface area (Å²) in [7, 11) is 3.43. The molecule has 3 aromatic rings. The van der Waals surface area contributed by atoms with Gasteiger partial charge in [0.2, 0.25) is 5.91 Å². The van der Waals surface area contributed by atoms with Gasteiger partial charge in [0.1, 0.15) is 11.6 Å². The summed E-state index contributed by atoms with van der Waals surface area (Å²) < 4.78 is 5.78. The molecule has 1 N–H and O–H groups in total. The van der Waals surface area contributed by atoms with Crippen molar-refractivity contribution >= 4 is 29.0 Å². The number of carbonyl (C=O) groups is 2. The minimum absolute atomic E-state index is 0.00765. The number of hydrogen-bond donors (Lipinski definition) is 1. The molecule has 2 aliphatic heterocycles. The summed E-state index contributed by atoms with van der Waals surface area (Å²) in [6, 6.07) is 16.5. The number of carbonyl (C=O) groups excluding carboxylic acids is 2. The van der Waals surface area contributed by atoms with E-state index in [1.54, 1.807) is 14.2 Å². The highest BCUT2D eigenvalue weighted by Crippen LogP contribution is 2.40. The molecule has 2 aromatic carbocycles. The average Bonchev–Trinajstić information content (AvgIpc) is 3.33. The molecule has 0 unspecified atom stereocenters. The van der Waals surface area contributed by atoms with E-state index in [2.05, 4.69) is 41.2 Å². The van der Waals surface area contributed by atoms with E-state index >= 15 is 0 Å². The number of aryl methyl sites for hydroxylation is 1. The molecule has 39 heavy (non-hydrogen) atoms. The number of hydrogen-bond acceptors (Lipinski definition) is 6. The summed E-state index contributed by atoms with van der Waals surface area (Å²) in [5.41, 5.74) is 6.55. The number of fused-ring (bicyclic) bond motifs is 1. The highest BCUT2D eigenvalue weighted by atomic mass is 16.5. The van der Waals surface area contributed by atoms with Crippen molar-refractivity contribution in [3.8, 4) is 16.9 Å². The van der Waals surface area contributed by atoms with Crippen LogP contribution in [0.3, 0.4) is 0 Å². The van der Waals surface area contributed by atoms with E-state index in [0.717, 1.165) is 59.0 Å². The Bertz CT molecular complexity index is 1390. The Morgan fingerprint density at radius 1 is 1.03 bits per heavy atom. The van der Waals surface area contributed by atoms with Crippen molar-refractivity contribution in [1.82, 2.24) is 10.3 Å². The Kier molecular flexibility index (Phi) is 7.32. The third kappa shape index (κ3) is 5.21. The maximum atomic E-state index is 13.7. The van der Waals surface area contributed by atoms with Crippen LogP contribution in [0.2, 0.25) is 0 Å². The first-order valence-electron chi connectivity index (χ1n) is 13.5. The minimum Gasteiger partial charge on any atom is -0.495 e. The summed E-state index contributed by atoms with van der Waals surface area (Å²) in [6.45, 7) is 10.2. The van der Waals surface area contributed by atoms with Gasteiger partial charge in [-0.3, -0.25) is 9.59 Å². The number of methoxy groups -OCH3 is 1. The van der Waals surface area contributed by atoms with E-state index in [9.17, 15) is 9.59 Å². The van der Waals surface area contributed by atoms with Crippen molar-refractivity contribution in [2.45, 2.75) is 46.2 Å². The van der Waals surface area contributed by atoms with E-state index in [1.165, 1.54) is 11.8 Å². The number of nitrogens with one attached hydrogen (secondary N) is 1. The fourth-order valence-corrected chi connectivity index (χ4v) is 5.70. The largest absolute Gasteiger partial charge is 0.495 e. The Hall–Kier alpha value is -3.91. The number of amides is 2. The first-order chi connectivity index (χ1) is 18.7. The number of ether oxygens (including phenoxy) is 1. The van der Waals surface area contributed by atoms with Crippen LogP contribution in [0.4, 0.5) is 17.2 Å². The standard InChI is InChI=1S/C31H37N5O3/c1-19-17-35(18-20(2)32-19)28-16-27-25(15-29(28)39-6)13-14-36(27)31(38)24-9-7-23(8-10-24)26-11-12-30(33-21(26)3)34(5)22(4)37/h7-12,15-16,19-20,32H,13-14,17-18H2,1-6H3/t19-,20+. The van der Waals surface area contributed by atoms with Crippen LogP contribution in [-0.2, 0) is 11.2 Å². The van der Waals surface area contributed by atoms with Crippen LogP contribution in [0.25, 0.3) is 11.1 Å². The average molecular weight is 528 g/mol. The molecule has 1 aromatic heterocycles. The zero-order valence-electron chi connectivity index (χ0n) is 23.6. The summed E-state index contributed by atoms with van der Waals surface area (Å²) in [4.78, 5) is 35.7. The smallest absolute Gasteiger partial charge is 0.258 e. The second-order valence-corrected chi connectivity index (χ2v) is 10.7. The monoisotopic (exact) mass is 527 g/mol. The molecule has 8 heteroatoms. The predicted molar refractivity (Wildman–Crippen MR) is 156 cm³/mol. The van der Waals surface area contributed by atoms with E-state index < -0.39 is 0 Å².